The lowest BCUT2D eigenvalue weighted by Gasteiger charge is -2.11. The highest BCUT2D eigenvalue weighted by molar-refractivity contribution is 5.93. The average Bonchev–Trinajstić information content (AvgIpc) is 3.16. The summed E-state index contributed by atoms with van der Waals surface area (Å²) in [5.74, 6) is 0.441. The average molecular weight is 337 g/mol. The standard InChI is InChI=1S/C19H19N3O3/c23-10-11-25-18-9-5-4-6-15(18)12-20-19(24)16-13-21-22(14-16)17-7-2-1-3-8-17/h1-9,13-14,23H,10-12H2,(H,20,24). The number of nitrogens with one attached hydrogen (secondary N) is 1. The first-order chi connectivity index (χ1) is 12.3. The molecule has 0 radical (unpaired) electrons. The molecule has 3 aromatic rings. The smallest absolute Gasteiger partial charge is 0.254 e. The van der Waals surface area contributed by atoms with Crippen LogP contribution in [-0.4, -0.2) is 34.0 Å². The number of hydrogen-bond acceptors (Lipinski definition) is 4. The van der Waals surface area contributed by atoms with Crippen LogP contribution in [0.5, 0.6) is 5.75 Å². The van der Waals surface area contributed by atoms with Gasteiger partial charge in [-0.05, 0) is 18.2 Å². The molecule has 1 aromatic heterocycles. The summed E-state index contributed by atoms with van der Waals surface area (Å²) in [6.45, 7) is 0.491. The van der Waals surface area contributed by atoms with E-state index in [2.05, 4.69) is 10.4 Å². The largest absolute Gasteiger partial charge is 0.491 e. The van der Waals surface area contributed by atoms with Crippen molar-refractivity contribution in [3.63, 3.8) is 0 Å². The molecule has 25 heavy (non-hydrogen) atoms. The second-order valence-corrected chi connectivity index (χ2v) is 5.37. The third-order valence-corrected chi connectivity index (χ3v) is 3.63. The Balaban J connectivity index is 1.65. The zero-order chi connectivity index (χ0) is 17.5. The predicted octanol–water partition coefficient (Wildman–Crippen LogP) is 2.17. The molecule has 0 saturated heterocycles. The molecule has 6 nitrogen and oxygen atoms in total. The topological polar surface area (TPSA) is 76.4 Å². The molecule has 3 rings (SSSR count). The summed E-state index contributed by atoms with van der Waals surface area (Å²) in [6, 6.07) is 17.0. The lowest BCUT2D eigenvalue weighted by Crippen LogP contribution is -2.22. The molecular formula is C19H19N3O3. The second kappa shape index (κ2) is 8.12. The maximum atomic E-state index is 12.3. The normalized spacial score (nSPS) is 10.4. The summed E-state index contributed by atoms with van der Waals surface area (Å²) in [5, 5.41) is 16.0. The van der Waals surface area contributed by atoms with E-state index in [1.54, 1.807) is 10.9 Å². The summed E-state index contributed by atoms with van der Waals surface area (Å²) in [7, 11) is 0. The summed E-state index contributed by atoms with van der Waals surface area (Å²) >= 11 is 0. The minimum absolute atomic E-state index is 0.0562. The molecule has 2 aromatic carbocycles. The molecule has 0 aliphatic rings. The van der Waals surface area contributed by atoms with E-state index in [4.69, 9.17) is 9.84 Å². The number of amides is 1. The van der Waals surface area contributed by atoms with Crippen LogP contribution in [0.25, 0.3) is 5.69 Å². The molecule has 0 spiro atoms. The van der Waals surface area contributed by atoms with E-state index in [0.29, 0.717) is 17.9 Å². The summed E-state index contributed by atoms with van der Waals surface area (Å²) in [6.07, 6.45) is 3.23. The van der Waals surface area contributed by atoms with Crippen LogP contribution >= 0.6 is 0 Å². The summed E-state index contributed by atoms with van der Waals surface area (Å²) in [4.78, 5) is 12.3. The van der Waals surface area contributed by atoms with E-state index < -0.39 is 0 Å². The fourth-order valence-corrected chi connectivity index (χ4v) is 2.39. The summed E-state index contributed by atoms with van der Waals surface area (Å²) < 4.78 is 7.13. The minimum atomic E-state index is -0.209. The number of benzene rings is 2. The predicted molar refractivity (Wildman–Crippen MR) is 93.8 cm³/mol. The van der Waals surface area contributed by atoms with Crippen molar-refractivity contribution in [2.24, 2.45) is 0 Å². The van der Waals surface area contributed by atoms with Gasteiger partial charge in [-0.1, -0.05) is 36.4 Å². The highest BCUT2D eigenvalue weighted by atomic mass is 16.5. The van der Waals surface area contributed by atoms with Crippen LogP contribution in [-0.2, 0) is 6.54 Å². The van der Waals surface area contributed by atoms with Crippen LogP contribution in [0.3, 0.4) is 0 Å². The molecule has 128 valence electrons. The van der Waals surface area contributed by atoms with Crippen molar-refractivity contribution in [1.82, 2.24) is 15.1 Å². The Bertz CT molecular complexity index is 831. The number of aliphatic hydroxyl groups is 1. The van der Waals surface area contributed by atoms with E-state index in [0.717, 1.165) is 11.3 Å². The molecule has 0 unspecified atom stereocenters. The highest BCUT2D eigenvalue weighted by Crippen LogP contribution is 2.17. The van der Waals surface area contributed by atoms with Gasteiger partial charge in [0.15, 0.2) is 0 Å². The van der Waals surface area contributed by atoms with Gasteiger partial charge in [-0.2, -0.15) is 5.10 Å². The van der Waals surface area contributed by atoms with E-state index >= 15 is 0 Å². The van der Waals surface area contributed by atoms with Gasteiger partial charge in [0.05, 0.1) is 24.1 Å². The van der Waals surface area contributed by atoms with E-state index in [1.807, 2.05) is 54.6 Å². The van der Waals surface area contributed by atoms with E-state index in [9.17, 15) is 4.79 Å². The molecule has 0 atom stereocenters. The Labute approximate surface area is 145 Å². The van der Waals surface area contributed by atoms with Crippen molar-refractivity contribution in [2.45, 2.75) is 6.54 Å². The van der Waals surface area contributed by atoms with E-state index in [-0.39, 0.29) is 19.1 Å². The number of aliphatic hydroxyl groups excluding tert-OH is 1. The van der Waals surface area contributed by atoms with Crippen LogP contribution in [0.2, 0.25) is 0 Å². The van der Waals surface area contributed by atoms with Gasteiger partial charge in [0.1, 0.15) is 12.4 Å². The quantitative estimate of drug-likeness (QED) is 0.693. The number of rotatable bonds is 7. The highest BCUT2D eigenvalue weighted by Gasteiger charge is 2.10. The number of nitrogens with zero attached hydrogens (tertiary/aromatic N) is 2. The number of hydrogen-bond donors (Lipinski definition) is 2. The third-order valence-electron chi connectivity index (χ3n) is 3.63. The van der Waals surface area contributed by atoms with Crippen LogP contribution in [0.1, 0.15) is 15.9 Å². The summed E-state index contributed by atoms with van der Waals surface area (Å²) in [5.41, 5.74) is 2.22. The second-order valence-electron chi connectivity index (χ2n) is 5.37. The minimum Gasteiger partial charge on any atom is -0.491 e. The lowest BCUT2D eigenvalue weighted by molar-refractivity contribution is 0.0950. The first-order valence-corrected chi connectivity index (χ1v) is 7.98. The number of ether oxygens (including phenoxy) is 1. The molecule has 0 aliphatic heterocycles. The van der Waals surface area contributed by atoms with Crippen molar-refractivity contribution in [1.29, 1.82) is 0 Å². The lowest BCUT2D eigenvalue weighted by atomic mass is 10.2. The monoisotopic (exact) mass is 337 g/mol. The van der Waals surface area contributed by atoms with Crippen LogP contribution in [0.15, 0.2) is 67.0 Å². The number of aromatic nitrogens is 2. The zero-order valence-electron chi connectivity index (χ0n) is 13.6. The zero-order valence-corrected chi connectivity index (χ0v) is 13.6. The van der Waals surface area contributed by atoms with Crippen molar-refractivity contribution >= 4 is 5.91 Å². The Hall–Kier alpha value is -3.12. The molecule has 1 amide bonds. The van der Waals surface area contributed by atoms with Gasteiger partial charge in [-0.15, -0.1) is 0 Å². The van der Waals surface area contributed by atoms with Crippen LogP contribution in [0, 0.1) is 0 Å². The fraction of sp³-hybridized carbons (Fsp3) is 0.158. The maximum Gasteiger partial charge on any atom is 0.254 e. The molecule has 1 heterocycles. The SMILES string of the molecule is O=C(NCc1ccccc1OCCO)c1cnn(-c2ccccc2)c1. The Kier molecular flexibility index (Phi) is 5.43. The van der Waals surface area contributed by atoms with Gasteiger partial charge in [-0.3, -0.25) is 4.79 Å². The van der Waals surface area contributed by atoms with Crippen LogP contribution < -0.4 is 10.1 Å². The third kappa shape index (κ3) is 4.24. The Morgan fingerprint density at radius 3 is 2.68 bits per heavy atom. The van der Waals surface area contributed by atoms with Gasteiger partial charge in [-0.25, -0.2) is 4.68 Å². The molecule has 0 saturated carbocycles. The van der Waals surface area contributed by atoms with Gasteiger partial charge in [0.25, 0.3) is 5.91 Å². The van der Waals surface area contributed by atoms with Crippen LogP contribution in [0.4, 0.5) is 0 Å². The first kappa shape index (κ1) is 16.7. The van der Waals surface area contributed by atoms with Crippen molar-refractivity contribution in [3.8, 4) is 11.4 Å². The van der Waals surface area contributed by atoms with Gasteiger partial charge in [0.2, 0.25) is 0 Å². The fourth-order valence-electron chi connectivity index (χ4n) is 2.39. The number of carbonyl (C=O) groups is 1. The van der Waals surface area contributed by atoms with Gasteiger partial charge >= 0.3 is 0 Å². The van der Waals surface area contributed by atoms with Crippen molar-refractivity contribution < 1.29 is 14.6 Å². The molecular weight excluding hydrogens is 318 g/mol. The van der Waals surface area contributed by atoms with E-state index in [1.165, 1.54) is 6.20 Å². The number of para-hydroxylation sites is 2. The molecule has 0 aliphatic carbocycles. The first-order valence-electron chi connectivity index (χ1n) is 7.98. The molecule has 6 heteroatoms. The van der Waals surface area contributed by atoms with Gasteiger partial charge < -0.3 is 15.2 Å². The van der Waals surface area contributed by atoms with Gasteiger partial charge in [0, 0.05) is 18.3 Å². The number of carbonyl (C=O) groups excluding carboxylic acids is 1. The Morgan fingerprint density at radius 1 is 1.12 bits per heavy atom. The molecule has 2 N–H and O–H groups in total. The Morgan fingerprint density at radius 2 is 1.88 bits per heavy atom. The molecule has 0 fully saturated rings. The molecule has 0 bridgehead atoms. The van der Waals surface area contributed by atoms with Crippen molar-refractivity contribution in [3.05, 3.63) is 78.1 Å². The maximum absolute atomic E-state index is 12.3. The van der Waals surface area contributed by atoms with Crippen molar-refractivity contribution in [2.75, 3.05) is 13.2 Å².